The van der Waals surface area contributed by atoms with Crippen molar-refractivity contribution in [1.82, 2.24) is 4.31 Å². The van der Waals surface area contributed by atoms with E-state index in [1.54, 1.807) is 36.4 Å². The molecule has 158 valence electrons. The molecule has 0 aliphatic carbocycles. The van der Waals surface area contributed by atoms with Crippen LogP contribution in [0.1, 0.15) is 11.5 Å². The molecule has 0 radical (unpaired) electrons. The zero-order chi connectivity index (χ0) is 22.2. The summed E-state index contributed by atoms with van der Waals surface area (Å²) in [6.45, 7) is -0.533. The first-order valence-electron chi connectivity index (χ1n) is 9.53. The summed E-state index contributed by atoms with van der Waals surface area (Å²) in [6, 6.07) is 17.5. The van der Waals surface area contributed by atoms with Gasteiger partial charge in [0.05, 0.1) is 23.6 Å². The van der Waals surface area contributed by atoms with Gasteiger partial charge in [0.2, 0.25) is 10.0 Å². The number of nitrogens with zero attached hydrogens (tertiary/aromatic N) is 2. The van der Waals surface area contributed by atoms with Gasteiger partial charge in [-0.1, -0.05) is 42.5 Å². The highest BCUT2D eigenvalue weighted by Gasteiger charge is 2.55. The molecule has 1 N–H and O–H groups in total. The molecule has 5 nitrogen and oxygen atoms in total. The number of sulfonamides is 1. The number of nitriles is 1. The van der Waals surface area contributed by atoms with Crippen LogP contribution in [0.15, 0.2) is 77.7 Å². The van der Waals surface area contributed by atoms with Gasteiger partial charge in [-0.25, -0.2) is 17.2 Å². The van der Waals surface area contributed by atoms with E-state index >= 15 is 0 Å². The molecule has 1 fully saturated rings. The second kappa shape index (κ2) is 8.19. The number of hydrogen-bond donors (Lipinski definition) is 1. The minimum atomic E-state index is -4.22. The molecule has 4 rings (SSSR count). The Morgan fingerprint density at radius 2 is 1.65 bits per heavy atom. The number of rotatable bonds is 5. The fraction of sp³-hybridized carbons (Fsp3) is 0.174. The van der Waals surface area contributed by atoms with Crippen LogP contribution in [0.4, 0.5) is 8.78 Å². The average molecular weight is 440 g/mol. The van der Waals surface area contributed by atoms with Crippen molar-refractivity contribution >= 4 is 10.0 Å². The van der Waals surface area contributed by atoms with Crippen LogP contribution in [0.5, 0.6) is 0 Å². The zero-order valence-corrected chi connectivity index (χ0v) is 17.0. The molecule has 1 aliphatic rings. The van der Waals surface area contributed by atoms with E-state index in [1.807, 2.05) is 6.07 Å². The first-order chi connectivity index (χ1) is 14.9. The average Bonchev–Trinajstić information content (AvgIpc) is 2.74. The van der Waals surface area contributed by atoms with Crippen LogP contribution in [0.2, 0.25) is 0 Å². The molecule has 8 heteroatoms. The van der Waals surface area contributed by atoms with E-state index in [9.17, 15) is 27.6 Å². The lowest BCUT2D eigenvalue weighted by Crippen LogP contribution is -2.65. The normalized spacial score (nSPS) is 21.3. The molecule has 0 unspecified atom stereocenters. The Morgan fingerprint density at radius 3 is 2.29 bits per heavy atom. The molecule has 1 saturated heterocycles. The molecule has 1 aliphatic heterocycles. The minimum absolute atomic E-state index is 0.289. The van der Waals surface area contributed by atoms with E-state index in [-0.39, 0.29) is 4.90 Å². The molecule has 3 aromatic rings. The van der Waals surface area contributed by atoms with Gasteiger partial charge in [-0.15, -0.1) is 0 Å². The minimum Gasteiger partial charge on any atom is -0.395 e. The Bertz CT molecular complexity index is 1270. The number of aliphatic hydroxyl groups is 1. The van der Waals surface area contributed by atoms with Crippen LogP contribution in [0.3, 0.4) is 0 Å². The first-order valence-corrected chi connectivity index (χ1v) is 11.0. The SMILES string of the molecule is N#C[C@H]1[C@@H](c2ccccc2-c2cccc(F)c2)[C@H](CO)N1S(=O)(=O)c1cccc(F)c1. The first kappa shape index (κ1) is 21.1. The summed E-state index contributed by atoms with van der Waals surface area (Å²) in [5.74, 6) is -1.78. The highest BCUT2D eigenvalue weighted by Crippen LogP contribution is 2.46. The Labute approximate surface area is 178 Å². The van der Waals surface area contributed by atoms with Crippen molar-refractivity contribution < 1.29 is 22.3 Å². The summed E-state index contributed by atoms with van der Waals surface area (Å²) in [5, 5.41) is 19.8. The quantitative estimate of drug-likeness (QED) is 0.656. The van der Waals surface area contributed by atoms with E-state index in [2.05, 4.69) is 0 Å². The van der Waals surface area contributed by atoms with Gasteiger partial charge in [0.1, 0.15) is 17.7 Å². The molecular formula is C23H18F2N2O3S. The van der Waals surface area contributed by atoms with E-state index in [1.165, 1.54) is 24.3 Å². The third kappa shape index (κ3) is 3.61. The lowest BCUT2D eigenvalue weighted by molar-refractivity contribution is 0.0559. The summed E-state index contributed by atoms with van der Waals surface area (Å²) in [5.41, 5.74) is 1.85. The monoisotopic (exact) mass is 440 g/mol. The van der Waals surface area contributed by atoms with Crippen LogP contribution >= 0.6 is 0 Å². The fourth-order valence-electron chi connectivity index (χ4n) is 4.12. The van der Waals surface area contributed by atoms with Gasteiger partial charge in [-0.2, -0.15) is 9.57 Å². The summed E-state index contributed by atoms with van der Waals surface area (Å²) < 4.78 is 54.6. The maximum absolute atomic E-state index is 13.8. The van der Waals surface area contributed by atoms with Gasteiger partial charge in [0.25, 0.3) is 0 Å². The van der Waals surface area contributed by atoms with E-state index in [0.29, 0.717) is 16.7 Å². The smallest absolute Gasteiger partial charge is 0.244 e. The lowest BCUT2D eigenvalue weighted by Gasteiger charge is -2.50. The van der Waals surface area contributed by atoms with Crippen molar-refractivity contribution in [3.05, 3.63) is 90.0 Å². The fourth-order valence-corrected chi connectivity index (χ4v) is 5.91. The summed E-state index contributed by atoms with van der Waals surface area (Å²) in [7, 11) is -4.22. The molecule has 1 heterocycles. The zero-order valence-electron chi connectivity index (χ0n) is 16.2. The Balaban J connectivity index is 1.78. The highest BCUT2D eigenvalue weighted by atomic mass is 32.2. The van der Waals surface area contributed by atoms with Crippen LogP contribution < -0.4 is 0 Å². The van der Waals surface area contributed by atoms with E-state index < -0.39 is 46.3 Å². The van der Waals surface area contributed by atoms with Crippen molar-refractivity contribution in [3.8, 4) is 17.2 Å². The standard InChI is InChI=1S/C23H18F2N2O3S/c24-16-6-3-5-15(11-16)19-9-1-2-10-20(19)23-21(13-26)27(22(23)14-28)31(29,30)18-8-4-7-17(25)12-18/h1-12,21-23,28H,14H2/t21-,22-,23+/m0/s1. The molecule has 0 saturated carbocycles. The number of aliphatic hydroxyl groups excluding tert-OH is 1. The van der Waals surface area contributed by atoms with E-state index in [0.717, 1.165) is 16.4 Å². The number of halogens is 2. The van der Waals surface area contributed by atoms with Crippen molar-refractivity contribution in [3.63, 3.8) is 0 Å². The van der Waals surface area contributed by atoms with E-state index in [4.69, 9.17) is 0 Å². The maximum atomic E-state index is 13.8. The predicted molar refractivity (Wildman–Crippen MR) is 110 cm³/mol. The van der Waals surface area contributed by atoms with Crippen LogP contribution in [0, 0.1) is 23.0 Å². The second-order valence-electron chi connectivity index (χ2n) is 7.24. The maximum Gasteiger partial charge on any atom is 0.244 e. The van der Waals surface area contributed by atoms with Crippen molar-refractivity contribution in [2.45, 2.75) is 22.9 Å². The molecule has 0 bridgehead atoms. The predicted octanol–water partition coefficient (Wildman–Crippen LogP) is 3.67. The molecule has 0 spiro atoms. The summed E-state index contributed by atoms with van der Waals surface area (Å²) in [6.07, 6.45) is 0. The molecule has 31 heavy (non-hydrogen) atoms. The van der Waals surface area contributed by atoms with Gasteiger partial charge in [0, 0.05) is 5.92 Å². The molecule has 0 aromatic heterocycles. The Hall–Kier alpha value is -3.12. The van der Waals surface area contributed by atoms with Gasteiger partial charge in [-0.3, -0.25) is 0 Å². The molecule has 0 amide bonds. The molecule has 3 atom stereocenters. The Kier molecular flexibility index (Phi) is 5.58. The van der Waals surface area contributed by atoms with Crippen LogP contribution in [0.25, 0.3) is 11.1 Å². The van der Waals surface area contributed by atoms with Gasteiger partial charge >= 0.3 is 0 Å². The van der Waals surface area contributed by atoms with Crippen molar-refractivity contribution in [2.24, 2.45) is 0 Å². The third-order valence-corrected chi connectivity index (χ3v) is 7.40. The van der Waals surface area contributed by atoms with Crippen molar-refractivity contribution in [2.75, 3.05) is 6.61 Å². The lowest BCUT2D eigenvalue weighted by atomic mass is 9.75. The molecule has 3 aromatic carbocycles. The third-order valence-electron chi connectivity index (χ3n) is 5.50. The second-order valence-corrected chi connectivity index (χ2v) is 9.08. The topological polar surface area (TPSA) is 81.4 Å². The van der Waals surface area contributed by atoms with Crippen molar-refractivity contribution in [1.29, 1.82) is 5.26 Å². The summed E-state index contributed by atoms with van der Waals surface area (Å²) >= 11 is 0. The van der Waals surface area contributed by atoms with Gasteiger partial charge < -0.3 is 5.11 Å². The summed E-state index contributed by atoms with van der Waals surface area (Å²) in [4.78, 5) is -0.289. The van der Waals surface area contributed by atoms with Crippen LogP contribution in [-0.2, 0) is 10.0 Å². The largest absolute Gasteiger partial charge is 0.395 e. The van der Waals surface area contributed by atoms with Crippen LogP contribution in [-0.4, -0.2) is 36.5 Å². The van der Waals surface area contributed by atoms with Gasteiger partial charge in [0.15, 0.2) is 0 Å². The Morgan fingerprint density at radius 1 is 0.968 bits per heavy atom. The number of benzene rings is 3. The number of hydrogen-bond acceptors (Lipinski definition) is 4. The molecular weight excluding hydrogens is 422 g/mol. The highest BCUT2D eigenvalue weighted by molar-refractivity contribution is 7.89. The van der Waals surface area contributed by atoms with Gasteiger partial charge in [-0.05, 0) is 47.0 Å².